The van der Waals surface area contributed by atoms with Gasteiger partial charge in [-0.2, -0.15) is 0 Å². The van der Waals surface area contributed by atoms with Gasteiger partial charge < -0.3 is 15.5 Å². The van der Waals surface area contributed by atoms with E-state index in [2.05, 4.69) is 17.6 Å². The Morgan fingerprint density at radius 2 is 1.81 bits per heavy atom. The predicted molar refractivity (Wildman–Crippen MR) is 101 cm³/mol. The van der Waals surface area contributed by atoms with Crippen LogP contribution in [0.25, 0.3) is 0 Å². The van der Waals surface area contributed by atoms with E-state index in [9.17, 15) is 14.4 Å². The maximum absolute atomic E-state index is 12.9. The number of carbonyl (C=O) groups is 3. The lowest BCUT2D eigenvalue weighted by atomic mass is 9.75. The molecule has 0 aromatic rings. The molecule has 4 amide bonds. The number of nitrogens with zero attached hydrogens (tertiary/aromatic N) is 2. The quantitative estimate of drug-likeness (QED) is 0.717. The van der Waals surface area contributed by atoms with Crippen molar-refractivity contribution in [3.05, 3.63) is 0 Å². The van der Waals surface area contributed by atoms with E-state index < -0.39 is 11.6 Å². The zero-order valence-corrected chi connectivity index (χ0v) is 16.6. The highest BCUT2D eigenvalue weighted by molar-refractivity contribution is 6.09. The van der Waals surface area contributed by atoms with Crippen molar-refractivity contribution in [3.63, 3.8) is 0 Å². The van der Waals surface area contributed by atoms with E-state index in [0.717, 1.165) is 37.0 Å². The molecule has 0 aromatic heterocycles. The van der Waals surface area contributed by atoms with Crippen LogP contribution >= 0.6 is 12.4 Å². The first-order valence-electron chi connectivity index (χ1n) is 9.58. The summed E-state index contributed by atoms with van der Waals surface area (Å²) in [6.07, 6.45) is 6.23. The molecule has 8 heteroatoms. The van der Waals surface area contributed by atoms with Crippen LogP contribution in [-0.2, 0) is 9.59 Å². The number of hydrogen-bond donors (Lipinski definition) is 2. The smallest absolute Gasteiger partial charge is 0.325 e. The van der Waals surface area contributed by atoms with Crippen LogP contribution in [0.4, 0.5) is 4.79 Å². The first-order chi connectivity index (χ1) is 12.0. The molecule has 0 aromatic carbocycles. The SMILES string of the molecule is CCC1CCC2(CC1)NC(=O)N(CC(=O)N1CCC(NC)CC1)C2=O.Cl. The summed E-state index contributed by atoms with van der Waals surface area (Å²) in [5.41, 5.74) is -0.762. The fraction of sp³-hybridized carbons (Fsp3) is 0.833. The van der Waals surface area contributed by atoms with Gasteiger partial charge in [0.2, 0.25) is 5.91 Å². The number of imide groups is 1. The van der Waals surface area contributed by atoms with Crippen LogP contribution in [0.5, 0.6) is 0 Å². The summed E-state index contributed by atoms with van der Waals surface area (Å²) in [5, 5.41) is 6.13. The molecule has 2 heterocycles. The number of amides is 4. The van der Waals surface area contributed by atoms with Crippen molar-refractivity contribution in [1.82, 2.24) is 20.4 Å². The lowest BCUT2D eigenvalue weighted by molar-refractivity contribution is -0.140. The summed E-state index contributed by atoms with van der Waals surface area (Å²) in [6, 6.07) is 0.0381. The van der Waals surface area contributed by atoms with Crippen LogP contribution in [0.1, 0.15) is 51.9 Å². The first kappa shape index (κ1) is 21.0. The third-order valence-corrected chi connectivity index (χ3v) is 6.33. The monoisotopic (exact) mass is 386 g/mol. The molecule has 1 spiro atoms. The summed E-state index contributed by atoms with van der Waals surface area (Å²) in [6.45, 7) is 3.39. The Hall–Kier alpha value is -1.34. The molecule has 1 aliphatic carbocycles. The van der Waals surface area contributed by atoms with Gasteiger partial charge >= 0.3 is 6.03 Å². The van der Waals surface area contributed by atoms with Crippen LogP contribution in [0.15, 0.2) is 0 Å². The van der Waals surface area contributed by atoms with E-state index in [1.54, 1.807) is 4.90 Å². The fourth-order valence-electron chi connectivity index (χ4n) is 4.39. The van der Waals surface area contributed by atoms with E-state index in [0.29, 0.717) is 37.9 Å². The molecule has 3 rings (SSSR count). The average molecular weight is 387 g/mol. The van der Waals surface area contributed by atoms with Gasteiger partial charge in [-0.3, -0.25) is 14.5 Å². The van der Waals surface area contributed by atoms with Crippen molar-refractivity contribution in [2.24, 2.45) is 5.92 Å². The number of carbonyl (C=O) groups excluding carboxylic acids is 3. The molecule has 26 heavy (non-hydrogen) atoms. The summed E-state index contributed by atoms with van der Waals surface area (Å²) in [5.74, 6) is 0.308. The first-order valence-corrected chi connectivity index (χ1v) is 9.58. The second-order valence-corrected chi connectivity index (χ2v) is 7.70. The number of halogens is 1. The Morgan fingerprint density at radius 1 is 1.19 bits per heavy atom. The normalized spacial score (nSPS) is 29.7. The van der Waals surface area contributed by atoms with Crippen LogP contribution in [0, 0.1) is 5.92 Å². The molecule has 0 radical (unpaired) electrons. The van der Waals surface area contributed by atoms with E-state index in [1.165, 1.54) is 0 Å². The van der Waals surface area contributed by atoms with E-state index in [-0.39, 0.29) is 30.8 Å². The van der Waals surface area contributed by atoms with Gasteiger partial charge in [-0.1, -0.05) is 13.3 Å². The molecule has 1 saturated carbocycles. The number of piperidine rings is 1. The van der Waals surface area contributed by atoms with E-state index in [1.807, 2.05) is 7.05 Å². The molecule has 0 atom stereocenters. The van der Waals surface area contributed by atoms with Crippen LogP contribution in [0.2, 0.25) is 0 Å². The average Bonchev–Trinajstić information content (AvgIpc) is 2.86. The predicted octanol–water partition coefficient (Wildman–Crippen LogP) is 1.51. The van der Waals surface area contributed by atoms with Crippen molar-refractivity contribution in [2.75, 3.05) is 26.7 Å². The molecular formula is C18H31ClN4O3. The lowest BCUT2D eigenvalue weighted by Crippen LogP contribution is -2.51. The third kappa shape index (κ3) is 3.98. The van der Waals surface area contributed by atoms with E-state index >= 15 is 0 Å². The molecule has 0 bridgehead atoms. The Kier molecular flexibility index (Phi) is 6.91. The van der Waals surface area contributed by atoms with Gasteiger partial charge in [-0.15, -0.1) is 12.4 Å². The Morgan fingerprint density at radius 3 is 2.35 bits per heavy atom. The minimum Gasteiger partial charge on any atom is -0.341 e. The number of nitrogens with one attached hydrogen (secondary N) is 2. The topological polar surface area (TPSA) is 81.8 Å². The maximum Gasteiger partial charge on any atom is 0.325 e. The summed E-state index contributed by atoms with van der Waals surface area (Å²) in [4.78, 5) is 40.7. The minimum atomic E-state index is -0.762. The lowest BCUT2D eigenvalue weighted by Gasteiger charge is -2.35. The van der Waals surface area contributed by atoms with Crippen LogP contribution in [0.3, 0.4) is 0 Å². The number of urea groups is 1. The Balaban J connectivity index is 0.00000243. The summed E-state index contributed by atoms with van der Waals surface area (Å²) in [7, 11) is 1.93. The van der Waals surface area contributed by atoms with Crippen LogP contribution < -0.4 is 10.6 Å². The number of hydrogen-bond acceptors (Lipinski definition) is 4. The van der Waals surface area contributed by atoms with Crippen molar-refractivity contribution in [1.29, 1.82) is 0 Å². The molecule has 3 fully saturated rings. The Labute approximate surface area is 161 Å². The van der Waals surface area contributed by atoms with Gasteiger partial charge in [0.15, 0.2) is 0 Å². The van der Waals surface area contributed by atoms with Gasteiger partial charge in [0.25, 0.3) is 5.91 Å². The van der Waals surface area contributed by atoms with Gasteiger partial charge in [0, 0.05) is 19.1 Å². The third-order valence-electron chi connectivity index (χ3n) is 6.33. The van der Waals surface area contributed by atoms with Crippen molar-refractivity contribution in [2.45, 2.75) is 63.5 Å². The summed E-state index contributed by atoms with van der Waals surface area (Å²) < 4.78 is 0. The van der Waals surface area contributed by atoms with Crippen molar-refractivity contribution in [3.8, 4) is 0 Å². The number of likely N-dealkylation sites (tertiary alicyclic amines) is 1. The second-order valence-electron chi connectivity index (χ2n) is 7.70. The second kappa shape index (κ2) is 8.57. The molecule has 2 saturated heterocycles. The maximum atomic E-state index is 12.9. The van der Waals surface area contributed by atoms with Gasteiger partial charge in [-0.05, 0) is 51.5 Å². The molecule has 2 aliphatic heterocycles. The van der Waals surface area contributed by atoms with Crippen molar-refractivity contribution >= 4 is 30.3 Å². The van der Waals surface area contributed by atoms with Gasteiger partial charge in [-0.25, -0.2) is 4.79 Å². The van der Waals surface area contributed by atoms with Gasteiger partial charge in [0.1, 0.15) is 12.1 Å². The highest BCUT2D eigenvalue weighted by Crippen LogP contribution is 2.37. The molecule has 3 aliphatic rings. The zero-order valence-electron chi connectivity index (χ0n) is 15.8. The van der Waals surface area contributed by atoms with Gasteiger partial charge in [0.05, 0.1) is 0 Å². The standard InChI is InChI=1S/C18H30N4O3.ClH/c1-3-13-4-8-18(9-5-13)16(24)22(17(25)20-18)12-15(23)21-10-6-14(19-2)7-11-21;/h13-14,19H,3-12H2,1-2H3,(H,20,25);1H. The van der Waals surface area contributed by atoms with Crippen LogP contribution in [-0.4, -0.2) is 65.9 Å². The highest BCUT2D eigenvalue weighted by atomic mass is 35.5. The minimum absolute atomic E-state index is 0. The molecule has 2 N–H and O–H groups in total. The van der Waals surface area contributed by atoms with Crippen molar-refractivity contribution < 1.29 is 14.4 Å². The molecular weight excluding hydrogens is 356 g/mol. The molecule has 0 unspecified atom stereocenters. The van der Waals surface area contributed by atoms with E-state index in [4.69, 9.17) is 0 Å². The largest absolute Gasteiger partial charge is 0.341 e. The molecule has 7 nitrogen and oxygen atoms in total. The summed E-state index contributed by atoms with van der Waals surface area (Å²) >= 11 is 0. The zero-order chi connectivity index (χ0) is 18.0. The molecule has 148 valence electrons. The highest BCUT2D eigenvalue weighted by Gasteiger charge is 2.52. The number of rotatable bonds is 4. The Bertz CT molecular complexity index is 541. The fourth-order valence-corrected chi connectivity index (χ4v) is 4.39.